The molecule has 0 unspecified atom stereocenters. The van der Waals surface area contributed by atoms with Crippen LogP contribution in [0.4, 0.5) is 17.5 Å². The predicted molar refractivity (Wildman–Crippen MR) is 95.6 cm³/mol. The Balaban J connectivity index is 2.13. The van der Waals surface area contributed by atoms with Crippen LogP contribution in [0.2, 0.25) is 0 Å². The maximum Gasteiger partial charge on any atom is 0.225 e. The first-order valence-corrected chi connectivity index (χ1v) is 7.89. The molecular formula is C18H26N4O. The molecule has 2 rings (SSSR count). The van der Waals surface area contributed by atoms with E-state index in [1.165, 1.54) is 0 Å². The van der Waals surface area contributed by atoms with Gasteiger partial charge in [0.2, 0.25) is 5.95 Å². The summed E-state index contributed by atoms with van der Waals surface area (Å²) >= 11 is 0. The molecule has 0 saturated heterocycles. The molecular weight excluding hydrogens is 288 g/mol. The molecule has 0 aliphatic rings. The smallest absolute Gasteiger partial charge is 0.225 e. The largest absolute Gasteiger partial charge is 0.491 e. The number of hydrogen-bond acceptors (Lipinski definition) is 5. The van der Waals surface area contributed by atoms with Crippen molar-refractivity contribution >= 4 is 17.5 Å². The summed E-state index contributed by atoms with van der Waals surface area (Å²) in [4.78, 5) is 8.95. The highest BCUT2D eigenvalue weighted by Gasteiger charge is 2.12. The standard InChI is InChI=1S/C18H26N4O/c1-12(2)23-15-9-7-14(8-10-15)20-16-11-13(3)19-17(21-16)22-18(4,5)6/h7-12H,1-6H3,(H2,19,20,21,22). The molecule has 0 saturated carbocycles. The van der Waals surface area contributed by atoms with Gasteiger partial charge in [-0.15, -0.1) is 0 Å². The SMILES string of the molecule is Cc1cc(Nc2ccc(OC(C)C)cc2)nc(NC(C)(C)C)n1. The van der Waals surface area contributed by atoms with Gasteiger partial charge in [0.1, 0.15) is 11.6 Å². The zero-order valence-electron chi connectivity index (χ0n) is 14.8. The molecule has 124 valence electrons. The Hall–Kier alpha value is -2.30. The van der Waals surface area contributed by atoms with E-state index in [0.717, 1.165) is 22.9 Å². The number of aromatic nitrogens is 2. The van der Waals surface area contributed by atoms with Gasteiger partial charge in [0.15, 0.2) is 0 Å². The Kier molecular flexibility index (Phi) is 5.08. The number of aryl methyl sites for hydroxylation is 1. The highest BCUT2D eigenvalue weighted by Crippen LogP contribution is 2.21. The van der Waals surface area contributed by atoms with Crippen molar-refractivity contribution in [1.29, 1.82) is 0 Å². The molecule has 1 aromatic heterocycles. The van der Waals surface area contributed by atoms with Crippen LogP contribution in [-0.2, 0) is 0 Å². The molecule has 1 heterocycles. The van der Waals surface area contributed by atoms with Crippen molar-refractivity contribution in [2.24, 2.45) is 0 Å². The number of nitrogens with zero attached hydrogens (tertiary/aromatic N) is 2. The Bertz CT molecular complexity index is 645. The van der Waals surface area contributed by atoms with Crippen molar-refractivity contribution in [1.82, 2.24) is 9.97 Å². The van der Waals surface area contributed by atoms with E-state index in [0.29, 0.717) is 5.95 Å². The first kappa shape index (κ1) is 17.1. The van der Waals surface area contributed by atoms with Crippen LogP contribution in [0.15, 0.2) is 30.3 Å². The van der Waals surface area contributed by atoms with E-state index in [1.54, 1.807) is 0 Å². The van der Waals surface area contributed by atoms with Crippen LogP contribution < -0.4 is 15.4 Å². The molecule has 0 aliphatic heterocycles. The summed E-state index contributed by atoms with van der Waals surface area (Å²) in [6.07, 6.45) is 0.171. The van der Waals surface area contributed by atoms with Gasteiger partial charge < -0.3 is 15.4 Å². The zero-order chi connectivity index (χ0) is 17.0. The average molecular weight is 314 g/mol. The van der Waals surface area contributed by atoms with Gasteiger partial charge in [-0.05, 0) is 65.8 Å². The quantitative estimate of drug-likeness (QED) is 0.849. The van der Waals surface area contributed by atoms with E-state index in [-0.39, 0.29) is 11.6 Å². The second-order valence-corrected chi connectivity index (χ2v) is 6.91. The summed E-state index contributed by atoms with van der Waals surface area (Å²) in [6, 6.07) is 9.78. The van der Waals surface area contributed by atoms with Gasteiger partial charge in [-0.2, -0.15) is 4.98 Å². The van der Waals surface area contributed by atoms with Gasteiger partial charge in [-0.3, -0.25) is 0 Å². The molecule has 0 fully saturated rings. The normalized spacial score (nSPS) is 11.4. The van der Waals surface area contributed by atoms with E-state index in [2.05, 4.69) is 41.4 Å². The van der Waals surface area contributed by atoms with Gasteiger partial charge in [-0.25, -0.2) is 4.98 Å². The van der Waals surface area contributed by atoms with Crippen LogP contribution in [-0.4, -0.2) is 21.6 Å². The number of benzene rings is 1. The van der Waals surface area contributed by atoms with Gasteiger partial charge in [0, 0.05) is 23.0 Å². The highest BCUT2D eigenvalue weighted by atomic mass is 16.5. The molecule has 0 aliphatic carbocycles. The monoisotopic (exact) mass is 314 g/mol. The van der Waals surface area contributed by atoms with Gasteiger partial charge in [-0.1, -0.05) is 0 Å². The molecule has 5 heteroatoms. The minimum absolute atomic E-state index is 0.0824. The summed E-state index contributed by atoms with van der Waals surface area (Å²) in [6.45, 7) is 12.2. The van der Waals surface area contributed by atoms with Gasteiger partial charge in [0.05, 0.1) is 6.10 Å². The molecule has 1 aromatic carbocycles. The molecule has 23 heavy (non-hydrogen) atoms. The van der Waals surface area contributed by atoms with Crippen LogP contribution in [0.3, 0.4) is 0 Å². The fourth-order valence-corrected chi connectivity index (χ4v) is 2.06. The van der Waals surface area contributed by atoms with Crippen LogP contribution in [0.5, 0.6) is 5.75 Å². The van der Waals surface area contributed by atoms with Crippen LogP contribution in [0.1, 0.15) is 40.3 Å². The zero-order valence-corrected chi connectivity index (χ0v) is 14.8. The van der Waals surface area contributed by atoms with E-state index in [4.69, 9.17) is 4.74 Å². The van der Waals surface area contributed by atoms with Crippen molar-refractivity contribution in [3.05, 3.63) is 36.0 Å². The topological polar surface area (TPSA) is 59.1 Å². The first-order chi connectivity index (χ1) is 10.7. The Labute approximate surface area is 138 Å². The van der Waals surface area contributed by atoms with Crippen molar-refractivity contribution in [2.75, 3.05) is 10.6 Å². The van der Waals surface area contributed by atoms with E-state index in [1.807, 2.05) is 51.1 Å². The molecule has 2 aromatic rings. The Morgan fingerprint density at radius 1 is 1.04 bits per heavy atom. The fraction of sp³-hybridized carbons (Fsp3) is 0.444. The molecule has 0 amide bonds. The lowest BCUT2D eigenvalue weighted by Crippen LogP contribution is -2.27. The van der Waals surface area contributed by atoms with E-state index in [9.17, 15) is 0 Å². The molecule has 0 bridgehead atoms. The number of rotatable bonds is 5. The molecule has 0 spiro atoms. The molecule has 0 atom stereocenters. The fourth-order valence-electron chi connectivity index (χ4n) is 2.06. The molecule has 2 N–H and O–H groups in total. The Morgan fingerprint density at radius 3 is 2.26 bits per heavy atom. The summed E-state index contributed by atoms with van der Waals surface area (Å²) in [5, 5.41) is 6.60. The van der Waals surface area contributed by atoms with Crippen molar-refractivity contribution in [3.63, 3.8) is 0 Å². The third-order valence-electron chi connectivity index (χ3n) is 2.84. The van der Waals surface area contributed by atoms with Crippen molar-refractivity contribution in [3.8, 4) is 5.75 Å². The lowest BCUT2D eigenvalue weighted by Gasteiger charge is -2.21. The molecule has 5 nitrogen and oxygen atoms in total. The number of hydrogen-bond donors (Lipinski definition) is 2. The summed E-state index contributed by atoms with van der Waals surface area (Å²) in [7, 11) is 0. The lowest BCUT2D eigenvalue weighted by atomic mass is 10.1. The van der Waals surface area contributed by atoms with Gasteiger partial charge >= 0.3 is 0 Å². The summed E-state index contributed by atoms with van der Waals surface area (Å²) in [5.41, 5.74) is 1.79. The second kappa shape index (κ2) is 6.86. The van der Waals surface area contributed by atoms with Crippen LogP contribution in [0.25, 0.3) is 0 Å². The van der Waals surface area contributed by atoms with Gasteiger partial charge in [0.25, 0.3) is 0 Å². The highest BCUT2D eigenvalue weighted by molar-refractivity contribution is 5.58. The predicted octanol–water partition coefficient (Wildman–Crippen LogP) is 4.53. The molecule has 0 radical (unpaired) electrons. The first-order valence-electron chi connectivity index (χ1n) is 7.89. The number of nitrogens with one attached hydrogen (secondary N) is 2. The minimum atomic E-state index is -0.0824. The van der Waals surface area contributed by atoms with Crippen molar-refractivity contribution in [2.45, 2.75) is 53.2 Å². The van der Waals surface area contributed by atoms with Crippen LogP contribution >= 0.6 is 0 Å². The lowest BCUT2D eigenvalue weighted by molar-refractivity contribution is 0.242. The average Bonchev–Trinajstić information content (AvgIpc) is 2.37. The van der Waals surface area contributed by atoms with Crippen molar-refractivity contribution < 1.29 is 4.74 Å². The number of ether oxygens (including phenoxy) is 1. The maximum absolute atomic E-state index is 5.65. The van der Waals surface area contributed by atoms with E-state index >= 15 is 0 Å². The maximum atomic E-state index is 5.65. The number of anilines is 3. The third-order valence-corrected chi connectivity index (χ3v) is 2.84. The third kappa shape index (κ3) is 5.77. The minimum Gasteiger partial charge on any atom is -0.491 e. The van der Waals surface area contributed by atoms with Crippen LogP contribution in [0, 0.1) is 6.92 Å². The summed E-state index contributed by atoms with van der Waals surface area (Å²) < 4.78 is 5.65. The Morgan fingerprint density at radius 2 is 1.70 bits per heavy atom. The summed E-state index contributed by atoms with van der Waals surface area (Å²) in [5.74, 6) is 2.25. The van der Waals surface area contributed by atoms with E-state index < -0.39 is 0 Å². The second-order valence-electron chi connectivity index (χ2n) is 6.91.